The van der Waals surface area contributed by atoms with Gasteiger partial charge in [0.1, 0.15) is 29.3 Å². The zero-order valence-corrected chi connectivity index (χ0v) is 21.6. The van der Waals surface area contributed by atoms with E-state index in [1.165, 1.54) is 18.4 Å². The van der Waals surface area contributed by atoms with Crippen molar-refractivity contribution in [1.29, 1.82) is 0 Å². The number of phenols is 1. The summed E-state index contributed by atoms with van der Waals surface area (Å²) in [7, 11) is 0. The molecule has 2 amide bonds. The molecule has 1 aromatic heterocycles. The zero-order chi connectivity index (χ0) is 28.8. The predicted octanol–water partition coefficient (Wildman–Crippen LogP) is 7.47. The number of urea groups is 1. The number of hydrogen-bond acceptors (Lipinski definition) is 6. The van der Waals surface area contributed by atoms with Crippen LogP contribution in [0.2, 0.25) is 0 Å². The summed E-state index contributed by atoms with van der Waals surface area (Å²) in [5.41, 5.74) is 1.93. The van der Waals surface area contributed by atoms with Crippen molar-refractivity contribution in [2.24, 2.45) is 0 Å². The lowest BCUT2D eigenvalue weighted by Crippen LogP contribution is -2.27. The van der Waals surface area contributed by atoms with E-state index in [9.17, 15) is 23.1 Å². The largest absolute Gasteiger partial charge is 0.573 e. The van der Waals surface area contributed by atoms with Crippen LogP contribution in [0.1, 0.15) is 25.3 Å². The highest BCUT2D eigenvalue weighted by atomic mass is 19.4. The van der Waals surface area contributed by atoms with E-state index in [-0.39, 0.29) is 17.0 Å². The number of benzene rings is 3. The van der Waals surface area contributed by atoms with Crippen LogP contribution in [-0.4, -0.2) is 29.0 Å². The van der Waals surface area contributed by atoms with E-state index >= 15 is 4.39 Å². The molecule has 0 radical (unpaired) electrons. The van der Waals surface area contributed by atoms with Gasteiger partial charge in [-0.2, -0.15) is 0 Å². The highest BCUT2D eigenvalue weighted by molar-refractivity contribution is 6.03. The van der Waals surface area contributed by atoms with E-state index in [1.807, 2.05) is 13.8 Å². The first-order valence-electron chi connectivity index (χ1n) is 12.1. The third-order valence-electron chi connectivity index (χ3n) is 6.40. The van der Waals surface area contributed by atoms with Crippen LogP contribution >= 0.6 is 0 Å². The molecule has 5 rings (SSSR count). The van der Waals surface area contributed by atoms with Gasteiger partial charge in [0.15, 0.2) is 5.89 Å². The number of nitrogens with one attached hydrogen (secondary N) is 2. The number of para-hydroxylation sites is 2. The molecule has 0 saturated carbocycles. The number of aromatic nitrogens is 1. The molecule has 2 heterocycles. The fraction of sp³-hybridized carbons (Fsp3) is 0.214. The molecule has 1 aliphatic heterocycles. The number of rotatable bonds is 5. The zero-order valence-electron chi connectivity index (χ0n) is 21.6. The van der Waals surface area contributed by atoms with Crippen LogP contribution in [0.25, 0.3) is 11.3 Å². The van der Waals surface area contributed by atoms with Crippen molar-refractivity contribution in [2.75, 3.05) is 22.1 Å². The fourth-order valence-electron chi connectivity index (χ4n) is 4.89. The first-order chi connectivity index (χ1) is 18.8. The molecule has 3 aromatic carbocycles. The van der Waals surface area contributed by atoms with Gasteiger partial charge in [-0.3, -0.25) is 0 Å². The maximum Gasteiger partial charge on any atom is 0.573 e. The Morgan fingerprint density at radius 2 is 1.82 bits per heavy atom. The van der Waals surface area contributed by atoms with Crippen molar-refractivity contribution < 1.29 is 36.6 Å². The van der Waals surface area contributed by atoms with Crippen molar-refractivity contribution in [3.05, 3.63) is 78.1 Å². The number of aryl methyl sites for hydroxylation is 1. The monoisotopic (exact) mass is 556 g/mol. The summed E-state index contributed by atoms with van der Waals surface area (Å²) in [6.45, 7) is 5.81. The number of carbonyl (C=O) groups excluding carboxylic acids is 1. The maximum absolute atomic E-state index is 15.2. The summed E-state index contributed by atoms with van der Waals surface area (Å²) in [6, 6.07) is 11.9. The lowest BCUT2D eigenvalue weighted by Gasteiger charge is -2.25. The maximum atomic E-state index is 15.2. The highest BCUT2D eigenvalue weighted by Gasteiger charge is 2.42. The standard InChI is InChI=1S/C28H24F4N4O4/c1-15-33-20(13-39-15)23-18(29)12-22(37)25-24(23)27(2,3)14-36(25)21-7-5-4-6-19(21)35-26(38)34-16-8-10-17(11-9-16)40-28(30,31)32/h4-13,37H,14H2,1-3H3,(H2,34,35,38). The Bertz CT molecular complexity index is 1580. The van der Waals surface area contributed by atoms with E-state index in [4.69, 9.17) is 4.42 Å². The second kappa shape index (κ2) is 9.78. The van der Waals surface area contributed by atoms with Gasteiger partial charge in [-0.15, -0.1) is 13.2 Å². The smallest absolute Gasteiger partial charge is 0.506 e. The lowest BCUT2D eigenvalue weighted by atomic mass is 9.82. The molecule has 8 nitrogen and oxygen atoms in total. The molecule has 40 heavy (non-hydrogen) atoms. The number of fused-ring (bicyclic) bond motifs is 1. The number of hydrogen-bond donors (Lipinski definition) is 3. The Morgan fingerprint density at radius 1 is 1.12 bits per heavy atom. The van der Waals surface area contributed by atoms with Crippen LogP contribution < -0.4 is 20.3 Å². The molecule has 4 aromatic rings. The van der Waals surface area contributed by atoms with Crippen LogP contribution in [0.5, 0.6) is 11.5 Å². The molecule has 0 aliphatic carbocycles. The van der Waals surface area contributed by atoms with Gasteiger partial charge in [0.05, 0.1) is 17.1 Å². The van der Waals surface area contributed by atoms with Crippen molar-refractivity contribution in [3.8, 4) is 22.8 Å². The third kappa shape index (κ3) is 5.24. The van der Waals surface area contributed by atoms with Gasteiger partial charge in [0.25, 0.3) is 0 Å². The molecule has 208 valence electrons. The average Bonchev–Trinajstić information content (AvgIpc) is 3.40. The van der Waals surface area contributed by atoms with Crippen molar-refractivity contribution in [3.63, 3.8) is 0 Å². The van der Waals surface area contributed by atoms with Gasteiger partial charge in [-0.1, -0.05) is 26.0 Å². The topological polar surface area (TPSA) is 99.9 Å². The van der Waals surface area contributed by atoms with Crippen LogP contribution in [0.3, 0.4) is 0 Å². The summed E-state index contributed by atoms with van der Waals surface area (Å²) in [6.07, 6.45) is -3.46. The number of halogens is 4. The molecule has 0 unspecified atom stereocenters. The number of nitrogens with zero attached hydrogens (tertiary/aromatic N) is 2. The molecular formula is C28H24F4N4O4. The SMILES string of the molecule is Cc1nc(-c2c(F)cc(O)c3c2C(C)(C)CN3c2ccccc2NC(=O)Nc2ccc(OC(F)(F)F)cc2)co1. The summed E-state index contributed by atoms with van der Waals surface area (Å²) in [5, 5.41) is 16.2. The van der Waals surface area contributed by atoms with E-state index < -0.39 is 29.4 Å². The molecule has 0 atom stereocenters. The van der Waals surface area contributed by atoms with E-state index in [0.717, 1.165) is 18.2 Å². The van der Waals surface area contributed by atoms with Gasteiger partial charge in [0.2, 0.25) is 0 Å². The summed E-state index contributed by atoms with van der Waals surface area (Å²) in [4.78, 5) is 18.9. The minimum Gasteiger partial charge on any atom is -0.506 e. The molecule has 0 bridgehead atoms. The Labute approximate surface area is 226 Å². The summed E-state index contributed by atoms with van der Waals surface area (Å²) >= 11 is 0. The van der Waals surface area contributed by atoms with Crippen molar-refractivity contribution in [1.82, 2.24) is 4.98 Å². The molecular weight excluding hydrogens is 532 g/mol. The van der Waals surface area contributed by atoms with Crippen molar-refractivity contribution in [2.45, 2.75) is 32.5 Å². The summed E-state index contributed by atoms with van der Waals surface area (Å²) in [5.74, 6) is -0.971. The van der Waals surface area contributed by atoms with Crippen LogP contribution in [0, 0.1) is 12.7 Å². The minimum atomic E-state index is -4.83. The average molecular weight is 557 g/mol. The number of oxazole rings is 1. The molecule has 0 spiro atoms. The predicted molar refractivity (Wildman–Crippen MR) is 141 cm³/mol. The van der Waals surface area contributed by atoms with E-state index in [1.54, 1.807) is 36.1 Å². The van der Waals surface area contributed by atoms with Gasteiger partial charge in [-0.05, 0) is 42.0 Å². The van der Waals surface area contributed by atoms with Gasteiger partial charge in [0, 0.05) is 36.2 Å². The highest BCUT2D eigenvalue weighted by Crippen LogP contribution is 2.54. The Hall–Kier alpha value is -4.74. The lowest BCUT2D eigenvalue weighted by molar-refractivity contribution is -0.274. The summed E-state index contributed by atoms with van der Waals surface area (Å²) < 4.78 is 61.6. The molecule has 3 N–H and O–H groups in total. The number of anilines is 4. The van der Waals surface area contributed by atoms with Gasteiger partial charge >= 0.3 is 12.4 Å². The van der Waals surface area contributed by atoms with Crippen molar-refractivity contribution >= 4 is 28.8 Å². The number of ether oxygens (including phenoxy) is 1. The Balaban J connectivity index is 1.45. The Morgan fingerprint density at radius 3 is 2.48 bits per heavy atom. The minimum absolute atomic E-state index is 0.221. The van der Waals surface area contributed by atoms with Crippen LogP contribution in [0.15, 0.2) is 65.3 Å². The molecule has 12 heteroatoms. The Kier molecular flexibility index (Phi) is 6.56. The molecule has 0 fully saturated rings. The number of aromatic hydroxyl groups is 1. The van der Waals surface area contributed by atoms with E-state index in [0.29, 0.717) is 40.8 Å². The van der Waals surface area contributed by atoms with Crippen LogP contribution in [-0.2, 0) is 5.41 Å². The molecule has 1 aliphatic rings. The second-order valence-electron chi connectivity index (χ2n) is 9.87. The number of carbonyl (C=O) groups is 1. The fourth-order valence-corrected chi connectivity index (χ4v) is 4.89. The first kappa shape index (κ1) is 26.9. The molecule has 0 saturated heterocycles. The first-order valence-corrected chi connectivity index (χ1v) is 12.1. The third-order valence-corrected chi connectivity index (χ3v) is 6.40. The van der Waals surface area contributed by atoms with E-state index in [2.05, 4.69) is 20.4 Å². The number of amides is 2. The quantitative estimate of drug-likeness (QED) is 0.221. The second-order valence-corrected chi connectivity index (χ2v) is 9.87. The number of alkyl halides is 3. The number of phenolic OH excluding ortho intramolecular Hbond substituents is 1. The van der Waals surface area contributed by atoms with Gasteiger partial charge in [-0.25, -0.2) is 14.2 Å². The van der Waals surface area contributed by atoms with Crippen LogP contribution in [0.4, 0.5) is 45.1 Å². The normalized spacial score (nSPS) is 14.1. The van der Waals surface area contributed by atoms with Gasteiger partial charge < -0.3 is 29.8 Å².